The van der Waals surface area contributed by atoms with Gasteiger partial charge in [0.05, 0.1) is 5.92 Å². The second kappa shape index (κ2) is 6.90. The fourth-order valence-electron chi connectivity index (χ4n) is 4.13. The van der Waals surface area contributed by atoms with E-state index in [4.69, 9.17) is 0 Å². The van der Waals surface area contributed by atoms with Crippen molar-refractivity contribution in [3.05, 3.63) is 65.5 Å². The van der Waals surface area contributed by atoms with Gasteiger partial charge in [0.2, 0.25) is 5.91 Å². The molecule has 3 heterocycles. The van der Waals surface area contributed by atoms with E-state index in [0.717, 1.165) is 29.7 Å². The zero-order valence-corrected chi connectivity index (χ0v) is 15.0. The molecule has 1 aromatic heterocycles. The lowest BCUT2D eigenvalue weighted by Gasteiger charge is -2.33. The van der Waals surface area contributed by atoms with Crippen molar-refractivity contribution < 1.29 is 9.59 Å². The molecule has 4 rings (SSSR count). The first kappa shape index (κ1) is 16.8. The van der Waals surface area contributed by atoms with E-state index in [9.17, 15) is 9.59 Å². The number of carbonyl (C=O) groups is 2. The molecule has 0 unspecified atom stereocenters. The molecule has 2 amide bonds. The van der Waals surface area contributed by atoms with Crippen LogP contribution in [0.5, 0.6) is 0 Å². The van der Waals surface area contributed by atoms with E-state index >= 15 is 0 Å². The zero-order chi connectivity index (χ0) is 18.1. The van der Waals surface area contributed by atoms with Gasteiger partial charge in [0.25, 0.3) is 5.91 Å². The minimum absolute atomic E-state index is 0.0455. The summed E-state index contributed by atoms with van der Waals surface area (Å²) in [4.78, 5) is 33.7. The Bertz CT molecular complexity index is 821. The number of carbonyl (C=O) groups excluding carboxylic acids is 2. The monoisotopic (exact) mass is 349 g/mol. The standard InChI is InChI=1S/C21H23N3O2/c1-15-5-2-3-7-18(15)20(25)24-13-17-8-10-23(21(26)19(17)14-24)12-16-6-4-9-22-11-16/h2-7,9,11,17,19H,8,10,12-14H2,1H3/t17-,19-/m1/s1. The van der Waals surface area contributed by atoms with Crippen LogP contribution < -0.4 is 0 Å². The van der Waals surface area contributed by atoms with Crippen molar-refractivity contribution in [2.45, 2.75) is 19.9 Å². The maximum absolute atomic E-state index is 13.0. The molecule has 134 valence electrons. The highest BCUT2D eigenvalue weighted by Gasteiger charge is 2.44. The molecule has 0 aliphatic carbocycles. The van der Waals surface area contributed by atoms with Crippen molar-refractivity contribution in [1.29, 1.82) is 0 Å². The number of likely N-dealkylation sites (tertiary alicyclic amines) is 2. The highest BCUT2D eigenvalue weighted by Crippen LogP contribution is 2.33. The van der Waals surface area contributed by atoms with Crippen LogP contribution in [0.25, 0.3) is 0 Å². The summed E-state index contributed by atoms with van der Waals surface area (Å²) < 4.78 is 0. The van der Waals surface area contributed by atoms with Gasteiger partial charge in [-0.05, 0) is 42.5 Å². The lowest BCUT2D eigenvalue weighted by molar-refractivity contribution is -0.140. The molecule has 2 aliphatic rings. The van der Waals surface area contributed by atoms with Crippen molar-refractivity contribution in [2.75, 3.05) is 19.6 Å². The minimum atomic E-state index is -0.0756. The maximum Gasteiger partial charge on any atom is 0.254 e. The normalized spacial score (nSPS) is 22.4. The third-order valence-corrected chi connectivity index (χ3v) is 5.60. The summed E-state index contributed by atoms with van der Waals surface area (Å²) in [6.07, 6.45) is 4.50. The third-order valence-electron chi connectivity index (χ3n) is 5.60. The molecule has 0 bridgehead atoms. The van der Waals surface area contributed by atoms with Gasteiger partial charge in [-0.15, -0.1) is 0 Å². The van der Waals surface area contributed by atoms with Crippen molar-refractivity contribution in [3.8, 4) is 0 Å². The maximum atomic E-state index is 13.0. The van der Waals surface area contributed by atoms with E-state index in [1.807, 2.05) is 59.3 Å². The Morgan fingerprint density at radius 2 is 2.04 bits per heavy atom. The molecule has 0 N–H and O–H groups in total. The summed E-state index contributed by atoms with van der Waals surface area (Å²) in [6.45, 7) is 4.52. The van der Waals surface area contributed by atoms with Crippen LogP contribution in [0.3, 0.4) is 0 Å². The SMILES string of the molecule is Cc1ccccc1C(=O)N1C[C@H]2CCN(Cc3cccnc3)C(=O)[C@@H]2C1. The lowest BCUT2D eigenvalue weighted by atomic mass is 9.88. The number of aromatic nitrogens is 1. The largest absolute Gasteiger partial charge is 0.338 e. The number of aryl methyl sites for hydroxylation is 1. The van der Waals surface area contributed by atoms with Crippen LogP contribution >= 0.6 is 0 Å². The number of hydrogen-bond donors (Lipinski definition) is 0. The first-order chi connectivity index (χ1) is 12.6. The molecule has 26 heavy (non-hydrogen) atoms. The fourth-order valence-corrected chi connectivity index (χ4v) is 4.13. The summed E-state index contributed by atoms with van der Waals surface area (Å²) in [6, 6.07) is 11.5. The second-order valence-corrected chi connectivity index (χ2v) is 7.30. The average molecular weight is 349 g/mol. The molecule has 2 atom stereocenters. The summed E-state index contributed by atoms with van der Waals surface area (Å²) in [7, 11) is 0. The predicted octanol–water partition coefficient (Wildman–Crippen LogP) is 2.51. The van der Waals surface area contributed by atoms with Gasteiger partial charge in [0.1, 0.15) is 0 Å². The third kappa shape index (κ3) is 3.09. The van der Waals surface area contributed by atoms with Crippen molar-refractivity contribution in [3.63, 3.8) is 0 Å². The van der Waals surface area contributed by atoms with Crippen molar-refractivity contribution in [2.24, 2.45) is 11.8 Å². The Kier molecular flexibility index (Phi) is 4.45. The van der Waals surface area contributed by atoms with E-state index in [1.165, 1.54) is 0 Å². The van der Waals surface area contributed by atoms with Crippen molar-refractivity contribution in [1.82, 2.24) is 14.8 Å². The average Bonchev–Trinajstić information content (AvgIpc) is 3.10. The van der Waals surface area contributed by atoms with E-state index in [0.29, 0.717) is 19.6 Å². The molecule has 2 saturated heterocycles. The predicted molar refractivity (Wildman–Crippen MR) is 98.3 cm³/mol. The molecule has 5 nitrogen and oxygen atoms in total. The molecule has 1 aromatic carbocycles. The topological polar surface area (TPSA) is 53.5 Å². The first-order valence-electron chi connectivity index (χ1n) is 9.16. The van der Waals surface area contributed by atoms with Gasteiger partial charge in [0, 0.05) is 44.1 Å². The Balaban J connectivity index is 1.46. The molecule has 2 aromatic rings. The van der Waals surface area contributed by atoms with Gasteiger partial charge in [0.15, 0.2) is 0 Å². The van der Waals surface area contributed by atoms with Gasteiger partial charge in [-0.2, -0.15) is 0 Å². The van der Waals surface area contributed by atoms with Gasteiger partial charge in [-0.25, -0.2) is 0 Å². The lowest BCUT2D eigenvalue weighted by Crippen LogP contribution is -2.44. The van der Waals surface area contributed by atoms with Crippen molar-refractivity contribution >= 4 is 11.8 Å². The number of nitrogens with zero attached hydrogens (tertiary/aromatic N) is 3. The Morgan fingerprint density at radius 1 is 1.19 bits per heavy atom. The number of pyridine rings is 1. The van der Waals surface area contributed by atoms with Crippen LogP contribution in [0.2, 0.25) is 0 Å². The zero-order valence-electron chi connectivity index (χ0n) is 15.0. The molecule has 0 radical (unpaired) electrons. The van der Waals surface area contributed by atoms with Crippen LogP contribution in [-0.4, -0.2) is 46.2 Å². The van der Waals surface area contributed by atoms with Crippen LogP contribution in [0.1, 0.15) is 27.9 Å². The highest BCUT2D eigenvalue weighted by molar-refractivity contribution is 5.96. The number of benzene rings is 1. The molecule has 5 heteroatoms. The Morgan fingerprint density at radius 3 is 2.81 bits per heavy atom. The first-order valence-corrected chi connectivity index (χ1v) is 9.16. The van der Waals surface area contributed by atoms with E-state index in [2.05, 4.69) is 4.98 Å². The second-order valence-electron chi connectivity index (χ2n) is 7.30. The minimum Gasteiger partial charge on any atom is -0.338 e. The number of piperidine rings is 1. The van der Waals surface area contributed by atoms with E-state index < -0.39 is 0 Å². The summed E-state index contributed by atoms with van der Waals surface area (Å²) in [5.74, 6) is 0.420. The molecule has 0 spiro atoms. The van der Waals surface area contributed by atoms with Gasteiger partial charge >= 0.3 is 0 Å². The summed E-state index contributed by atoms with van der Waals surface area (Å²) in [5, 5.41) is 0. The van der Waals surface area contributed by atoms with Crippen LogP contribution in [0, 0.1) is 18.8 Å². The van der Waals surface area contributed by atoms with Crippen LogP contribution in [0.4, 0.5) is 0 Å². The summed E-state index contributed by atoms with van der Waals surface area (Å²) in [5.41, 5.74) is 2.77. The van der Waals surface area contributed by atoms with Crippen LogP contribution in [0.15, 0.2) is 48.8 Å². The number of hydrogen-bond acceptors (Lipinski definition) is 3. The van der Waals surface area contributed by atoms with Gasteiger partial charge in [-0.1, -0.05) is 24.3 Å². The molecule has 2 fully saturated rings. The van der Waals surface area contributed by atoms with Crippen LogP contribution in [-0.2, 0) is 11.3 Å². The summed E-state index contributed by atoms with van der Waals surface area (Å²) >= 11 is 0. The van der Waals surface area contributed by atoms with Gasteiger partial charge < -0.3 is 9.80 Å². The molecule has 2 aliphatic heterocycles. The quantitative estimate of drug-likeness (QED) is 0.856. The molecule has 0 saturated carbocycles. The van der Waals surface area contributed by atoms with Gasteiger partial charge in [-0.3, -0.25) is 14.6 Å². The number of fused-ring (bicyclic) bond motifs is 1. The molecular formula is C21H23N3O2. The van der Waals surface area contributed by atoms with E-state index in [1.54, 1.807) is 6.20 Å². The number of rotatable bonds is 3. The smallest absolute Gasteiger partial charge is 0.254 e. The number of amides is 2. The van der Waals surface area contributed by atoms with E-state index in [-0.39, 0.29) is 23.7 Å². The fraction of sp³-hybridized carbons (Fsp3) is 0.381. The Hall–Kier alpha value is -2.69. The highest BCUT2D eigenvalue weighted by atomic mass is 16.2. The Labute approximate surface area is 153 Å². The molecular weight excluding hydrogens is 326 g/mol.